The number of carbonyl (C=O) groups is 1. The first-order valence-corrected chi connectivity index (χ1v) is 21.6. The Morgan fingerprint density at radius 3 is 2.00 bits per heavy atom. The van der Waals surface area contributed by atoms with E-state index in [4.69, 9.17) is 14.2 Å². The van der Waals surface area contributed by atoms with Crippen LogP contribution in [0.3, 0.4) is 0 Å². The summed E-state index contributed by atoms with van der Waals surface area (Å²) in [4.78, 5) is 13.4. The third-order valence-electron chi connectivity index (χ3n) is 7.29. The Morgan fingerprint density at radius 1 is 0.974 bits per heavy atom. The van der Waals surface area contributed by atoms with Crippen LogP contribution in [0.2, 0.25) is 13.3 Å². The number of carbonyl (C=O) groups excluding carboxylic acids is 1. The summed E-state index contributed by atoms with van der Waals surface area (Å²) in [6, 6.07) is 5.58. The van der Waals surface area contributed by atoms with E-state index in [1.807, 2.05) is 0 Å². The van der Waals surface area contributed by atoms with Crippen molar-refractivity contribution >= 4 is 29.9 Å². The van der Waals surface area contributed by atoms with Gasteiger partial charge in [-0.05, 0) is 0 Å². The van der Waals surface area contributed by atoms with Gasteiger partial charge in [-0.15, -0.1) is 0 Å². The first-order chi connectivity index (χ1) is 18.2. The fourth-order valence-electron chi connectivity index (χ4n) is 5.22. The van der Waals surface area contributed by atoms with Crippen LogP contribution in [0.15, 0.2) is 27.9 Å². The summed E-state index contributed by atoms with van der Waals surface area (Å²) in [6.07, 6.45) is 4.19. The maximum absolute atomic E-state index is 13.4. The molecule has 1 heterocycles. The van der Waals surface area contributed by atoms with Crippen LogP contribution >= 0.6 is 0 Å². The van der Waals surface area contributed by atoms with Gasteiger partial charge in [-0.2, -0.15) is 0 Å². The number of alkyl halides is 3. The van der Waals surface area contributed by atoms with Gasteiger partial charge < -0.3 is 0 Å². The predicted octanol–water partition coefficient (Wildman–Crippen LogP) is 8.44. The number of hydrogen-bond acceptors (Lipinski definition) is 5. The number of methoxy groups -OCH3 is 1. The van der Waals surface area contributed by atoms with Crippen molar-refractivity contribution in [2.45, 2.75) is 105 Å². The Morgan fingerprint density at radius 2 is 1.55 bits per heavy atom. The molecule has 0 N–H and O–H groups in total. The summed E-state index contributed by atoms with van der Waals surface area (Å²) < 4.78 is 64.3. The minimum absolute atomic E-state index is 0.295. The molecule has 9 heteroatoms. The molecule has 0 spiro atoms. The molecule has 1 unspecified atom stereocenters. The van der Waals surface area contributed by atoms with Crippen molar-refractivity contribution in [2.75, 3.05) is 20.3 Å². The van der Waals surface area contributed by atoms with Gasteiger partial charge in [-0.1, -0.05) is 0 Å². The molecular formula is C29H45F3O5Sn. The second-order valence-electron chi connectivity index (χ2n) is 10.1. The van der Waals surface area contributed by atoms with Crippen molar-refractivity contribution in [3.63, 3.8) is 0 Å². The maximum atomic E-state index is 13.4. The Kier molecular flexibility index (Phi) is 14.5. The van der Waals surface area contributed by atoms with Gasteiger partial charge in [0.2, 0.25) is 0 Å². The fourth-order valence-corrected chi connectivity index (χ4v) is 22.1. The molecule has 1 fully saturated rings. The van der Waals surface area contributed by atoms with Gasteiger partial charge in [-0.25, -0.2) is 0 Å². The van der Waals surface area contributed by atoms with Gasteiger partial charge in [-0.3, -0.25) is 0 Å². The van der Waals surface area contributed by atoms with E-state index in [2.05, 4.69) is 25.5 Å². The van der Waals surface area contributed by atoms with E-state index < -0.39 is 30.7 Å². The van der Waals surface area contributed by atoms with Gasteiger partial charge in [0.1, 0.15) is 0 Å². The van der Waals surface area contributed by atoms with E-state index in [0.29, 0.717) is 24.4 Å². The van der Waals surface area contributed by atoms with Crippen LogP contribution < -0.4 is 4.74 Å². The fraction of sp³-hybridized carbons (Fsp3) is 0.690. The zero-order valence-electron chi connectivity index (χ0n) is 23.5. The normalized spacial score (nSPS) is 17.2. The molecule has 216 valence electrons. The van der Waals surface area contributed by atoms with E-state index in [1.165, 1.54) is 31.4 Å². The topological polar surface area (TPSA) is 54.0 Å². The van der Waals surface area contributed by atoms with Crippen molar-refractivity contribution in [1.82, 2.24) is 0 Å². The van der Waals surface area contributed by atoms with Crippen LogP contribution in [0.1, 0.15) is 84.1 Å². The molecule has 2 rings (SSSR count). The average molecular weight is 649 g/mol. The van der Waals surface area contributed by atoms with E-state index in [9.17, 15) is 18.0 Å². The number of ether oxygens (including phenoxy) is 4. The molecule has 1 aliphatic rings. The Hall–Kier alpha value is -1.26. The summed E-state index contributed by atoms with van der Waals surface area (Å²) in [5.74, 6) is -0.792. The van der Waals surface area contributed by atoms with Crippen molar-refractivity contribution in [3.05, 3.63) is 33.4 Å². The van der Waals surface area contributed by atoms with Crippen LogP contribution in [-0.4, -0.2) is 57.3 Å². The molecule has 38 heavy (non-hydrogen) atoms. The predicted molar refractivity (Wildman–Crippen MR) is 147 cm³/mol. The third kappa shape index (κ3) is 10.4. The number of rotatable bonds is 16. The van der Waals surface area contributed by atoms with Crippen LogP contribution in [0, 0.1) is 0 Å². The number of halogens is 3. The molecule has 1 atom stereocenters. The molecule has 1 aromatic rings. The van der Waals surface area contributed by atoms with Crippen molar-refractivity contribution in [2.24, 2.45) is 0 Å². The first-order valence-electron chi connectivity index (χ1n) is 14.1. The van der Waals surface area contributed by atoms with E-state index in [-0.39, 0.29) is 12.0 Å². The summed E-state index contributed by atoms with van der Waals surface area (Å²) in [7, 11) is 1.35. The zero-order chi connectivity index (χ0) is 28.0. The van der Waals surface area contributed by atoms with E-state index in [1.54, 1.807) is 0 Å². The quantitative estimate of drug-likeness (QED) is 0.102. The number of esters is 1. The molecule has 1 saturated heterocycles. The van der Waals surface area contributed by atoms with Crippen molar-refractivity contribution in [3.8, 4) is 5.75 Å². The third-order valence-corrected chi connectivity index (χ3v) is 23.3. The van der Waals surface area contributed by atoms with Crippen molar-refractivity contribution < 1.29 is 36.9 Å². The van der Waals surface area contributed by atoms with E-state index in [0.717, 1.165) is 74.7 Å². The Labute approximate surface area is 230 Å². The van der Waals surface area contributed by atoms with Gasteiger partial charge >= 0.3 is 231 Å². The summed E-state index contributed by atoms with van der Waals surface area (Å²) in [5.41, 5.74) is 1.00. The second kappa shape index (κ2) is 16.8. The van der Waals surface area contributed by atoms with Gasteiger partial charge in [0, 0.05) is 0 Å². The van der Waals surface area contributed by atoms with Crippen LogP contribution in [0.5, 0.6) is 5.75 Å². The van der Waals surface area contributed by atoms with Crippen molar-refractivity contribution in [1.29, 1.82) is 0 Å². The SMILES string of the molecule is CCC[CH2][Sn]([CH2]CCC)([CH2]CCC)/[C](COC1CCCCO1)=C(/C(=O)OC)c1ccc(OC(F)(F)F)cc1. The first kappa shape index (κ1) is 32.9. The Balaban J connectivity index is 2.69. The molecule has 1 aliphatic heterocycles. The monoisotopic (exact) mass is 650 g/mol. The number of hydrogen-bond donors (Lipinski definition) is 0. The minimum atomic E-state index is -4.78. The molecular weight excluding hydrogens is 604 g/mol. The van der Waals surface area contributed by atoms with Gasteiger partial charge in [0.05, 0.1) is 0 Å². The molecule has 0 saturated carbocycles. The molecule has 5 nitrogen and oxygen atoms in total. The number of unbranched alkanes of at least 4 members (excludes halogenated alkanes) is 3. The molecule has 0 aromatic heterocycles. The average Bonchev–Trinajstić information content (AvgIpc) is 2.91. The van der Waals surface area contributed by atoms with Crippen LogP contribution in [0.25, 0.3) is 5.57 Å². The van der Waals surface area contributed by atoms with E-state index >= 15 is 0 Å². The van der Waals surface area contributed by atoms with Crippen LogP contribution in [-0.2, 0) is 19.0 Å². The summed E-state index contributed by atoms with van der Waals surface area (Å²) in [6.45, 7) is 7.51. The zero-order valence-corrected chi connectivity index (χ0v) is 26.3. The van der Waals surface area contributed by atoms with Gasteiger partial charge in [0.25, 0.3) is 0 Å². The summed E-state index contributed by atoms with van der Waals surface area (Å²) in [5, 5.41) is 0. The Bertz CT molecular complexity index is 842. The molecule has 1 aromatic carbocycles. The molecule has 0 radical (unpaired) electrons. The van der Waals surface area contributed by atoms with Gasteiger partial charge in [0.15, 0.2) is 0 Å². The van der Waals surface area contributed by atoms with Crippen LogP contribution in [0.4, 0.5) is 13.2 Å². The standard InChI is InChI=1S/C17H18F3O5.3C4H9.Sn/c1-22-16(21)14(9-11-24-15-4-2-3-10-23-15)12-5-7-13(8-6-12)25-17(18,19)20;3*1-3-4-2;/h5-8,15H,2-4,10-11H2,1H3;3*1,3-4H2,2H3;. The summed E-state index contributed by atoms with van der Waals surface area (Å²) >= 11 is -3.26. The molecule has 0 aliphatic carbocycles. The molecule has 0 bridgehead atoms. The number of benzene rings is 1. The molecule has 0 amide bonds. The second-order valence-corrected chi connectivity index (χ2v) is 23.4.